The Labute approximate surface area is 94.8 Å². The summed E-state index contributed by atoms with van der Waals surface area (Å²) in [6.45, 7) is 10.4. The number of nitrogens with zero attached hydrogens (tertiary/aromatic N) is 2. The number of rotatable bonds is 3. The molecule has 1 aliphatic heterocycles. The van der Waals surface area contributed by atoms with Crippen LogP contribution >= 0.6 is 0 Å². The fraction of sp³-hybridized carbons (Fsp3) is 1.00. The molecule has 0 amide bonds. The van der Waals surface area contributed by atoms with Crippen molar-refractivity contribution in [3.63, 3.8) is 0 Å². The van der Waals surface area contributed by atoms with Crippen LogP contribution < -0.4 is 5.32 Å². The number of likely N-dealkylation sites (N-methyl/N-ethyl adjacent to an activating group) is 1. The van der Waals surface area contributed by atoms with Crippen LogP contribution in [-0.2, 0) is 0 Å². The fourth-order valence-electron chi connectivity index (χ4n) is 2.29. The van der Waals surface area contributed by atoms with Gasteiger partial charge in [0.05, 0.1) is 0 Å². The molecule has 0 aliphatic carbocycles. The Balaban J connectivity index is 2.53. The third kappa shape index (κ3) is 4.49. The van der Waals surface area contributed by atoms with Crippen molar-refractivity contribution in [3.05, 3.63) is 0 Å². The van der Waals surface area contributed by atoms with Gasteiger partial charge < -0.3 is 10.2 Å². The third-order valence-electron chi connectivity index (χ3n) is 3.14. The lowest BCUT2D eigenvalue weighted by Crippen LogP contribution is -2.47. The maximum Gasteiger partial charge on any atom is 0.0324 e. The molecule has 3 nitrogen and oxygen atoms in total. The second-order valence-electron chi connectivity index (χ2n) is 5.40. The second-order valence-corrected chi connectivity index (χ2v) is 5.40. The maximum absolute atomic E-state index is 3.71. The number of hydrogen-bond donors (Lipinski definition) is 1. The highest BCUT2D eigenvalue weighted by atomic mass is 15.2. The molecule has 0 radical (unpaired) electrons. The van der Waals surface area contributed by atoms with Gasteiger partial charge in [-0.2, -0.15) is 0 Å². The monoisotopic (exact) mass is 213 g/mol. The van der Waals surface area contributed by atoms with Crippen LogP contribution in [0.3, 0.4) is 0 Å². The predicted molar refractivity (Wildman–Crippen MR) is 66.3 cm³/mol. The first-order chi connectivity index (χ1) is 6.99. The van der Waals surface area contributed by atoms with Gasteiger partial charge in [0.1, 0.15) is 0 Å². The SMILES string of the molecule is CC1CCN(C(C)C)CC(CN(C)C)N1. The van der Waals surface area contributed by atoms with Crippen LogP contribution in [0.1, 0.15) is 27.2 Å². The second kappa shape index (κ2) is 5.83. The first-order valence-corrected chi connectivity index (χ1v) is 6.14. The highest BCUT2D eigenvalue weighted by Gasteiger charge is 2.22. The molecule has 1 aliphatic rings. The average Bonchev–Trinajstić information content (AvgIpc) is 2.26. The van der Waals surface area contributed by atoms with E-state index in [-0.39, 0.29) is 0 Å². The van der Waals surface area contributed by atoms with E-state index >= 15 is 0 Å². The van der Waals surface area contributed by atoms with Gasteiger partial charge in [0, 0.05) is 31.2 Å². The van der Waals surface area contributed by atoms with E-state index in [0.29, 0.717) is 18.1 Å². The molecule has 15 heavy (non-hydrogen) atoms. The van der Waals surface area contributed by atoms with Gasteiger partial charge in [-0.25, -0.2) is 0 Å². The molecule has 0 bridgehead atoms. The van der Waals surface area contributed by atoms with Gasteiger partial charge in [-0.05, 0) is 47.8 Å². The van der Waals surface area contributed by atoms with E-state index in [1.165, 1.54) is 19.5 Å². The van der Waals surface area contributed by atoms with Crippen LogP contribution in [0.5, 0.6) is 0 Å². The van der Waals surface area contributed by atoms with E-state index in [2.05, 4.69) is 50.0 Å². The summed E-state index contributed by atoms with van der Waals surface area (Å²) in [6, 6.07) is 1.93. The van der Waals surface area contributed by atoms with Crippen molar-refractivity contribution in [1.29, 1.82) is 0 Å². The van der Waals surface area contributed by atoms with Crippen LogP contribution in [0.4, 0.5) is 0 Å². The van der Waals surface area contributed by atoms with Gasteiger partial charge in [0.25, 0.3) is 0 Å². The molecule has 0 spiro atoms. The smallest absolute Gasteiger partial charge is 0.0324 e. The van der Waals surface area contributed by atoms with Crippen LogP contribution in [0.25, 0.3) is 0 Å². The lowest BCUT2D eigenvalue weighted by atomic mass is 10.2. The molecule has 2 unspecified atom stereocenters. The molecule has 0 aromatic heterocycles. The summed E-state index contributed by atoms with van der Waals surface area (Å²) in [5.41, 5.74) is 0. The summed E-state index contributed by atoms with van der Waals surface area (Å²) in [6.07, 6.45) is 1.27. The van der Waals surface area contributed by atoms with Gasteiger partial charge in [0.15, 0.2) is 0 Å². The molecule has 90 valence electrons. The highest BCUT2D eigenvalue weighted by molar-refractivity contribution is 4.83. The minimum Gasteiger partial charge on any atom is -0.309 e. The Hall–Kier alpha value is -0.120. The zero-order valence-electron chi connectivity index (χ0n) is 11.0. The summed E-state index contributed by atoms with van der Waals surface area (Å²) in [5.74, 6) is 0. The van der Waals surface area contributed by atoms with E-state index in [1.807, 2.05) is 0 Å². The first kappa shape index (κ1) is 12.9. The van der Waals surface area contributed by atoms with Crippen molar-refractivity contribution < 1.29 is 0 Å². The standard InChI is InChI=1S/C12H27N3/c1-10(2)15-7-6-11(3)13-12(9-15)8-14(4)5/h10-13H,6-9H2,1-5H3. The summed E-state index contributed by atoms with van der Waals surface area (Å²) in [4.78, 5) is 4.86. The molecule has 0 saturated carbocycles. The molecule has 0 aromatic rings. The number of nitrogens with one attached hydrogen (secondary N) is 1. The Bertz CT molecular complexity index is 180. The summed E-state index contributed by atoms with van der Waals surface area (Å²) >= 11 is 0. The zero-order valence-corrected chi connectivity index (χ0v) is 11.0. The van der Waals surface area contributed by atoms with Crippen molar-refractivity contribution >= 4 is 0 Å². The molecule has 1 N–H and O–H groups in total. The summed E-state index contributed by atoms with van der Waals surface area (Å²) in [5, 5.41) is 3.71. The van der Waals surface area contributed by atoms with E-state index in [4.69, 9.17) is 0 Å². The molecule has 1 saturated heterocycles. The van der Waals surface area contributed by atoms with Crippen LogP contribution in [0, 0.1) is 0 Å². The van der Waals surface area contributed by atoms with E-state index in [0.717, 1.165) is 6.54 Å². The van der Waals surface area contributed by atoms with Gasteiger partial charge >= 0.3 is 0 Å². The Morgan fingerprint density at radius 1 is 1.40 bits per heavy atom. The molecule has 1 fully saturated rings. The normalized spacial score (nSPS) is 29.8. The maximum atomic E-state index is 3.71. The molecule has 1 rings (SSSR count). The minimum atomic E-state index is 0.611. The predicted octanol–water partition coefficient (Wildman–Crippen LogP) is 1.01. The van der Waals surface area contributed by atoms with Gasteiger partial charge in [0.2, 0.25) is 0 Å². The topological polar surface area (TPSA) is 18.5 Å². The lowest BCUT2D eigenvalue weighted by Gasteiger charge is -2.29. The lowest BCUT2D eigenvalue weighted by molar-refractivity contribution is 0.203. The van der Waals surface area contributed by atoms with Crippen LogP contribution in [0.15, 0.2) is 0 Å². The quantitative estimate of drug-likeness (QED) is 0.755. The molecule has 1 heterocycles. The molecular formula is C12H27N3. The Kier molecular flexibility index (Phi) is 5.03. The van der Waals surface area contributed by atoms with Gasteiger partial charge in [-0.15, -0.1) is 0 Å². The largest absolute Gasteiger partial charge is 0.309 e. The zero-order chi connectivity index (χ0) is 11.4. The van der Waals surface area contributed by atoms with Gasteiger partial charge in [-0.1, -0.05) is 0 Å². The Morgan fingerprint density at radius 2 is 2.07 bits per heavy atom. The van der Waals surface area contributed by atoms with E-state index < -0.39 is 0 Å². The summed E-state index contributed by atoms with van der Waals surface area (Å²) < 4.78 is 0. The van der Waals surface area contributed by atoms with Crippen LogP contribution in [-0.4, -0.2) is 61.7 Å². The third-order valence-corrected chi connectivity index (χ3v) is 3.14. The van der Waals surface area contributed by atoms with Crippen molar-refractivity contribution in [1.82, 2.24) is 15.1 Å². The van der Waals surface area contributed by atoms with Crippen molar-refractivity contribution in [2.45, 2.75) is 45.3 Å². The number of hydrogen-bond acceptors (Lipinski definition) is 3. The van der Waals surface area contributed by atoms with Crippen molar-refractivity contribution in [2.24, 2.45) is 0 Å². The molecule has 2 atom stereocenters. The van der Waals surface area contributed by atoms with Gasteiger partial charge in [-0.3, -0.25) is 4.90 Å². The molecule has 3 heteroatoms. The fourth-order valence-corrected chi connectivity index (χ4v) is 2.29. The highest BCUT2D eigenvalue weighted by Crippen LogP contribution is 2.09. The Morgan fingerprint density at radius 3 is 2.60 bits per heavy atom. The minimum absolute atomic E-state index is 0.611. The molecular weight excluding hydrogens is 186 g/mol. The first-order valence-electron chi connectivity index (χ1n) is 6.14. The van der Waals surface area contributed by atoms with Crippen molar-refractivity contribution in [3.8, 4) is 0 Å². The summed E-state index contributed by atoms with van der Waals surface area (Å²) in [7, 11) is 4.30. The van der Waals surface area contributed by atoms with E-state index in [9.17, 15) is 0 Å². The van der Waals surface area contributed by atoms with Crippen LogP contribution in [0.2, 0.25) is 0 Å². The van der Waals surface area contributed by atoms with E-state index in [1.54, 1.807) is 0 Å². The molecule has 0 aromatic carbocycles. The van der Waals surface area contributed by atoms with Crippen molar-refractivity contribution in [2.75, 3.05) is 33.7 Å². The average molecular weight is 213 g/mol.